The van der Waals surface area contributed by atoms with Gasteiger partial charge in [0, 0.05) is 23.8 Å². The molecule has 0 spiro atoms. The van der Waals surface area contributed by atoms with Crippen molar-refractivity contribution in [1.29, 1.82) is 0 Å². The average molecular weight is 373 g/mol. The van der Waals surface area contributed by atoms with E-state index in [0.717, 1.165) is 32.4 Å². The van der Waals surface area contributed by atoms with Crippen LogP contribution in [0.3, 0.4) is 0 Å². The number of likely N-dealkylation sites (tertiary alicyclic amines) is 1. The van der Waals surface area contributed by atoms with Gasteiger partial charge in [-0.3, -0.25) is 14.5 Å². The van der Waals surface area contributed by atoms with E-state index in [1.807, 2.05) is 24.3 Å². The number of nitrogens with one attached hydrogen (secondary N) is 2. The first kappa shape index (κ1) is 19.8. The molecule has 6 nitrogen and oxygen atoms in total. The lowest BCUT2D eigenvalue weighted by molar-refractivity contribution is -0.118. The van der Waals surface area contributed by atoms with Gasteiger partial charge in [0.2, 0.25) is 11.8 Å². The van der Waals surface area contributed by atoms with Crippen LogP contribution in [0.15, 0.2) is 24.3 Å². The first-order valence-electron chi connectivity index (χ1n) is 10.3. The van der Waals surface area contributed by atoms with E-state index in [0.29, 0.717) is 24.3 Å². The Morgan fingerprint density at radius 3 is 2.26 bits per heavy atom. The minimum Gasteiger partial charge on any atom is -0.327 e. The van der Waals surface area contributed by atoms with Crippen LogP contribution in [-0.4, -0.2) is 42.4 Å². The average Bonchev–Trinajstić information content (AvgIpc) is 2.87. The first-order chi connectivity index (χ1) is 13.1. The molecular formula is C21H32N4O2. The molecule has 2 fully saturated rings. The molecule has 0 aromatic heterocycles. The van der Waals surface area contributed by atoms with Crippen LogP contribution in [0.2, 0.25) is 0 Å². The van der Waals surface area contributed by atoms with Crippen LogP contribution in [0.25, 0.3) is 0 Å². The Labute approximate surface area is 161 Å². The molecule has 1 aromatic carbocycles. The number of carbonyl (C=O) groups excluding carboxylic acids is 2. The predicted octanol–water partition coefficient (Wildman–Crippen LogP) is 2.96. The van der Waals surface area contributed by atoms with E-state index < -0.39 is 0 Å². The van der Waals surface area contributed by atoms with E-state index in [9.17, 15) is 9.59 Å². The van der Waals surface area contributed by atoms with Crippen LogP contribution in [0.1, 0.15) is 51.4 Å². The van der Waals surface area contributed by atoms with Crippen molar-refractivity contribution < 1.29 is 9.59 Å². The van der Waals surface area contributed by atoms with Crippen molar-refractivity contribution >= 4 is 23.2 Å². The molecule has 1 aromatic rings. The van der Waals surface area contributed by atoms with Gasteiger partial charge in [0.1, 0.15) is 0 Å². The highest BCUT2D eigenvalue weighted by molar-refractivity contribution is 5.94. The number of carbonyl (C=O) groups is 2. The molecule has 6 heteroatoms. The standard InChI is InChI=1S/C21H32N4O2/c22-19-10-5-7-16(19)13-20(26)23-17-8-6-9-18(14-17)24-21(27)15-25-11-3-1-2-4-12-25/h6,8-9,14,16,19H,1-5,7,10-13,15,22H2,(H,23,26)(H,24,27)/t16-,19+/m0/s1. The largest absolute Gasteiger partial charge is 0.327 e. The Morgan fingerprint density at radius 2 is 1.63 bits per heavy atom. The Balaban J connectivity index is 1.49. The molecule has 2 amide bonds. The van der Waals surface area contributed by atoms with Crippen molar-refractivity contribution in [3.8, 4) is 0 Å². The second kappa shape index (κ2) is 9.85. The normalized spacial score (nSPS) is 23.6. The van der Waals surface area contributed by atoms with Gasteiger partial charge < -0.3 is 16.4 Å². The van der Waals surface area contributed by atoms with E-state index in [1.54, 1.807) is 0 Å². The van der Waals surface area contributed by atoms with Gasteiger partial charge in [-0.15, -0.1) is 0 Å². The van der Waals surface area contributed by atoms with Gasteiger partial charge in [0.25, 0.3) is 0 Å². The van der Waals surface area contributed by atoms with Crippen LogP contribution in [0.4, 0.5) is 11.4 Å². The Bertz CT molecular complexity index is 641. The lowest BCUT2D eigenvalue weighted by Crippen LogP contribution is -2.33. The summed E-state index contributed by atoms with van der Waals surface area (Å²) in [4.78, 5) is 26.8. The number of anilines is 2. The van der Waals surface area contributed by atoms with Crippen molar-refractivity contribution in [1.82, 2.24) is 4.90 Å². The molecule has 0 bridgehead atoms. The van der Waals surface area contributed by atoms with E-state index in [2.05, 4.69) is 15.5 Å². The Kier molecular flexibility index (Phi) is 7.24. The third-order valence-electron chi connectivity index (χ3n) is 5.66. The molecule has 1 aliphatic carbocycles. The van der Waals surface area contributed by atoms with Gasteiger partial charge in [0.15, 0.2) is 0 Å². The number of benzene rings is 1. The van der Waals surface area contributed by atoms with Crippen LogP contribution >= 0.6 is 0 Å². The Morgan fingerprint density at radius 1 is 0.963 bits per heavy atom. The van der Waals surface area contributed by atoms with Gasteiger partial charge in [-0.25, -0.2) is 0 Å². The predicted molar refractivity (Wildman–Crippen MR) is 109 cm³/mol. The van der Waals surface area contributed by atoms with Crippen molar-refractivity contribution in [3.05, 3.63) is 24.3 Å². The summed E-state index contributed by atoms with van der Waals surface area (Å²) in [5.74, 6) is 0.268. The molecular weight excluding hydrogens is 340 g/mol. The van der Waals surface area contributed by atoms with Crippen molar-refractivity contribution in [2.75, 3.05) is 30.3 Å². The van der Waals surface area contributed by atoms with Gasteiger partial charge in [0.05, 0.1) is 6.54 Å². The summed E-state index contributed by atoms with van der Waals surface area (Å²) in [5.41, 5.74) is 7.48. The number of nitrogens with zero attached hydrogens (tertiary/aromatic N) is 1. The topological polar surface area (TPSA) is 87.5 Å². The second-order valence-corrected chi connectivity index (χ2v) is 7.93. The highest BCUT2D eigenvalue weighted by Gasteiger charge is 2.26. The van der Waals surface area contributed by atoms with Crippen LogP contribution in [-0.2, 0) is 9.59 Å². The SMILES string of the molecule is N[C@@H]1CCC[C@H]1CC(=O)Nc1cccc(NC(=O)CN2CCCCCC2)c1. The molecule has 2 aliphatic rings. The minimum atomic E-state index is -0.00890. The van der Waals surface area contributed by atoms with E-state index in [-0.39, 0.29) is 23.8 Å². The zero-order valence-electron chi connectivity index (χ0n) is 16.1. The Hall–Kier alpha value is -1.92. The maximum absolute atomic E-state index is 12.3. The molecule has 1 saturated carbocycles. The van der Waals surface area contributed by atoms with Crippen molar-refractivity contribution in [2.45, 2.75) is 57.4 Å². The quantitative estimate of drug-likeness (QED) is 0.716. The number of rotatable bonds is 6. The number of hydrogen-bond donors (Lipinski definition) is 3. The molecule has 148 valence electrons. The highest BCUT2D eigenvalue weighted by Crippen LogP contribution is 2.27. The highest BCUT2D eigenvalue weighted by atomic mass is 16.2. The lowest BCUT2D eigenvalue weighted by Gasteiger charge is -2.19. The zero-order valence-corrected chi connectivity index (χ0v) is 16.1. The van der Waals surface area contributed by atoms with E-state index in [1.165, 1.54) is 25.7 Å². The van der Waals surface area contributed by atoms with Gasteiger partial charge in [-0.05, 0) is 62.9 Å². The van der Waals surface area contributed by atoms with Crippen molar-refractivity contribution in [3.63, 3.8) is 0 Å². The second-order valence-electron chi connectivity index (χ2n) is 7.93. The summed E-state index contributed by atoms with van der Waals surface area (Å²) in [5, 5.41) is 5.89. The molecule has 1 heterocycles. The molecule has 2 atom stereocenters. The van der Waals surface area contributed by atoms with Crippen LogP contribution in [0.5, 0.6) is 0 Å². The van der Waals surface area contributed by atoms with Gasteiger partial charge in [-0.1, -0.05) is 25.3 Å². The third-order valence-corrected chi connectivity index (χ3v) is 5.66. The number of amides is 2. The summed E-state index contributed by atoms with van der Waals surface area (Å²) < 4.78 is 0. The lowest BCUT2D eigenvalue weighted by atomic mass is 10.00. The molecule has 3 rings (SSSR count). The molecule has 0 unspecified atom stereocenters. The summed E-state index contributed by atoms with van der Waals surface area (Å²) in [6.07, 6.45) is 8.46. The maximum atomic E-state index is 12.3. The number of hydrogen-bond acceptors (Lipinski definition) is 4. The fourth-order valence-corrected chi connectivity index (χ4v) is 4.14. The fraction of sp³-hybridized carbons (Fsp3) is 0.619. The fourth-order valence-electron chi connectivity index (χ4n) is 4.14. The molecule has 1 saturated heterocycles. The summed E-state index contributed by atoms with van der Waals surface area (Å²) >= 11 is 0. The summed E-state index contributed by atoms with van der Waals surface area (Å²) in [7, 11) is 0. The van der Waals surface area contributed by atoms with Crippen LogP contribution < -0.4 is 16.4 Å². The van der Waals surface area contributed by atoms with E-state index >= 15 is 0 Å². The van der Waals surface area contributed by atoms with Crippen molar-refractivity contribution in [2.24, 2.45) is 11.7 Å². The monoisotopic (exact) mass is 372 g/mol. The third kappa shape index (κ3) is 6.33. The molecule has 0 radical (unpaired) electrons. The van der Waals surface area contributed by atoms with Gasteiger partial charge >= 0.3 is 0 Å². The van der Waals surface area contributed by atoms with Gasteiger partial charge in [-0.2, -0.15) is 0 Å². The summed E-state index contributed by atoms with van der Waals surface area (Å²) in [6, 6.07) is 7.49. The molecule has 4 N–H and O–H groups in total. The summed E-state index contributed by atoms with van der Waals surface area (Å²) in [6.45, 7) is 2.41. The first-order valence-corrected chi connectivity index (χ1v) is 10.3. The number of nitrogens with two attached hydrogens (primary N) is 1. The smallest absolute Gasteiger partial charge is 0.238 e. The maximum Gasteiger partial charge on any atom is 0.238 e. The zero-order chi connectivity index (χ0) is 19.1. The molecule has 1 aliphatic heterocycles. The van der Waals surface area contributed by atoms with Crippen LogP contribution in [0, 0.1) is 5.92 Å². The minimum absolute atomic E-state index is 0.00249. The molecule has 27 heavy (non-hydrogen) atoms. The van der Waals surface area contributed by atoms with E-state index in [4.69, 9.17) is 5.73 Å².